The standard InChI is InChI=1S/C29H64N2O3/c1-5-7-8-9-10-11-12-13-14-15-16-17-18-19-20-21-22-30(3,23-26-32)29(6-2)31(4,24-27-33)25-28-34/h29,32-34H,5-28H2,1-4H3/q+2. The lowest BCUT2D eigenvalue weighted by Gasteiger charge is -2.50. The lowest BCUT2D eigenvalue weighted by molar-refractivity contribution is -1.12. The van der Waals surface area contributed by atoms with Gasteiger partial charge in [0.15, 0.2) is 0 Å². The van der Waals surface area contributed by atoms with Crippen LogP contribution in [0.25, 0.3) is 0 Å². The van der Waals surface area contributed by atoms with E-state index in [0.29, 0.717) is 17.6 Å². The van der Waals surface area contributed by atoms with Crippen molar-refractivity contribution in [2.45, 2.75) is 129 Å². The summed E-state index contributed by atoms with van der Waals surface area (Å²) < 4.78 is 1.49. The van der Waals surface area contributed by atoms with Crippen LogP contribution in [0.2, 0.25) is 0 Å². The highest BCUT2D eigenvalue weighted by Gasteiger charge is 2.44. The first-order chi connectivity index (χ1) is 16.4. The molecule has 2 unspecified atom stereocenters. The summed E-state index contributed by atoms with van der Waals surface area (Å²) in [4.78, 5) is 0. The van der Waals surface area contributed by atoms with Crippen molar-refractivity contribution in [1.82, 2.24) is 0 Å². The molecule has 0 rings (SSSR count). The van der Waals surface area contributed by atoms with Crippen molar-refractivity contribution in [3.05, 3.63) is 0 Å². The van der Waals surface area contributed by atoms with Gasteiger partial charge >= 0.3 is 0 Å². The van der Waals surface area contributed by atoms with Gasteiger partial charge < -0.3 is 15.3 Å². The Bertz CT molecular complexity index is 430. The van der Waals surface area contributed by atoms with Crippen molar-refractivity contribution in [2.24, 2.45) is 0 Å². The molecule has 34 heavy (non-hydrogen) atoms. The second-order valence-electron chi connectivity index (χ2n) is 11.2. The normalized spacial score (nSPS) is 14.9. The summed E-state index contributed by atoms with van der Waals surface area (Å²) in [7, 11) is 4.42. The van der Waals surface area contributed by atoms with Gasteiger partial charge in [-0.15, -0.1) is 0 Å². The van der Waals surface area contributed by atoms with E-state index in [9.17, 15) is 15.3 Å². The fraction of sp³-hybridized carbons (Fsp3) is 1.00. The van der Waals surface area contributed by atoms with E-state index in [2.05, 4.69) is 27.9 Å². The molecule has 0 aliphatic carbocycles. The van der Waals surface area contributed by atoms with Gasteiger partial charge in [0.1, 0.15) is 19.6 Å². The van der Waals surface area contributed by atoms with Crippen LogP contribution >= 0.6 is 0 Å². The minimum atomic E-state index is 0.130. The number of unbranched alkanes of at least 4 members (excludes halogenated alkanes) is 15. The molecule has 0 aromatic heterocycles. The van der Waals surface area contributed by atoms with Crippen LogP contribution in [-0.4, -0.2) is 90.5 Å². The number of likely N-dealkylation sites (N-methyl/N-ethyl adjacent to an activating group) is 2. The summed E-state index contributed by atoms with van der Waals surface area (Å²) >= 11 is 0. The Hall–Kier alpha value is -0.200. The SMILES string of the molecule is CCCCCCCCCCCCCCCCCC[N+](C)(CCO)C(CC)[N+](C)(CCO)CCO. The molecule has 0 radical (unpaired) electrons. The van der Waals surface area contributed by atoms with Crippen LogP contribution < -0.4 is 0 Å². The molecule has 0 spiro atoms. The van der Waals surface area contributed by atoms with E-state index in [1.54, 1.807) is 0 Å². The van der Waals surface area contributed by atoms with E-state index in [1.807, 2.05) is 0 Å². The van der Waals surface area contributed by atoms with Crippen LogP contribution in [0, 0.1) is 0 Å². The zero-order valence-electron chi connectivity index (χ0n) is 23.8. The monoisotopic (exact) mass is 488 g/mol. The molecule has 0 saturated heterocycles. The first-order valence-electron chi connectivity index (χ1n) is 14.9. The maximum atomic E-state index is 9.79. The number of aliphatic hydroxyl groups is 3. The highest BCUT2D eigenvalue weighted by atomic mass is 16.3. The fourth-order valence-corrected chi connectivity index (χ4v) is 6.08. The molecule has 0 fully saturated rings. The number of hydrogen-bond donors (Lipinski definition) is 3. The quantitative estimate of drug-likeness (QED) is 0.0812. The molecule has 0 amide bonds. The van der Waals surface area contributed by atoms with Gasteiger partial charge in [-0.25, -0.2) is 0 Å². The molecule has 0 heterocycles. The van der Waals surface area contributed by atoms with Crippen molar-refractivity contribution in [3.63, 3.8) is 0 Å². The lowest BCUT2D eigenvalue weighted by Crippen LogP contribution is -2.69. The van der Waals surface area contributed by atoms with Gasteiger partial charge in [-0.2, -0.15) is 0 Å². The first kappa shape index (κ1) is 33.8. The number of rotatable bonds is 26. The predicted octanol–water partition coefficient (Wildman–Crippen LogP) is 5.85. The molecule has 206 valence electrons. The third kappa shape index (κ3) is 15.0. The van der Waals surface area contributed by atoms with Gasteiger partial charge in [-0.3, -0.25) is 8.97 Å². The fourth-order valence-electron chi connectivity index (χ4n) is 6.08. The van der Waals surface area contributed by atoms with E-state index in [1.165, 1.54) is 103 Å². The molecule has 2 atom stereocenters. The number of quaternary nitrogens is 2. The number of aliphatic hydroxyl groups excluding tert-OH is 3. The Morgan fingerprint density at radius 3 is 1.03 bits per heavy atom. The molecule has 0 aromatic carbocycles. The van der Waals surface area contributed by atoms with E-state index < -0.39 is 0 Å². The maximum Gasteiger partial charge on any atom is 0.216 e. The number of hydrogen-bond acceptors (Lipinski definition) is 3. The van der Waals surface area contributed by atoms with Gasteiger partial charge in [-0.05, 0) is 12.8 Å². The van der Waals surface area contributed by atoms with Crippen molar-refractivity contribution < 1.29 is 24.3 Å². The van der Waals surface area contributed by atoms with Crippen LogP contribution in [0.1, 0.15) is 123 Å². The molecule has 0 saturated carbocycles. The Morgan fingerprint density at radius 1 is 0.441 bits per heavy atom. The molecule has 0 bridgehead atoms. The third-order valence-corrected chi connectivity index (χ3v) is 8.16. The summed E-state index contributed by atoms with van der Waals surface area (Å²) in [5.74, 6) is 0. The Balaban J connectivity index is 4.07. The van der Waals surface area contributed by atoms with Gasteiger partial charge in [0, 0.05) is 0 Å². The second kappa shape index (κ2) is 22.0. The Morgan fingerprint density at radius 2 is 0.735 bits per heavy atom. The topological polar surface area (TPSA) is 60.7 Å². The Labute approximate surface area is 213 Å². The predicted molar refractivity (Wildman–Crippen MR) is 147 cm³/mol. The molecule has 3 N–H and O–H groups in total. The summed E-state index contributed by atoms with van der Waals surface area (Å²) in [6, 6.07) is 0. The van der Waals surface area contributed by atoms with E-state index in [0.717, 1.165) is 24.0 Å². The minimum absolute atomic E-state index is 0.130. The average Bonchev–Trinajstić information content (AvgIpc) is 2.79. The largest absolute Gasteiger partial charge is 0.391 e. The molecular formula is C29H64N2O3+2. The van der Waals surface area contributed by atoms with E-state index in [-0.39, 0.29) is 26.0 Å². The van der Waals surface area contributed by atoms with Gasteiger partial charge in [0.2, 0.25) is 6.17 Å². The van der Waals surface area contributed by atoms with E-state index in [4.69, 9.17) is 0 Å². The maximum absolute atomic E-state index is 9.79. The summed E-state index contributed by atoms with van der Waals surface area (Å²) in [5, 5.41) is 29.1. The van der Waals surface area contributed by atoms with Crippen LogP contribution in [0.4, 0.5) is 0 Å². The van der Waals surface area contributed by atoms with Crippen LogP contribution in [0.15, 0.2) is 0 Å². The molecular weight excluding hydrogens is 424 g/mol. The lowest BCUT2D eigenvalue weighted by atomic mass is 10.0. The molecule has 0 aliphatic heterocycles. The first-order valence-corrected chi connectivity index (χ1v) is 14.9. The van der Waals surface area contributed by atoms with Crippen LogP contribution in [0.5, 0.6) is 0 Å². The van der Waals surface area contributed by atoms with Crippen molar-refractivity contribution in [1.29, 1.82) is 0 Å². The zero-order chi connectivity index (χ0) is 25.5. The van der Waals surface area contributed by atoms with Crippen LogP contribution in [-0.2, 0) is 0 Å². The van der Waals surface area contributed by atoms with Gasteiger partial charge in [-0.1, -0.05) is 104 Å². The zero-order valence-corrected chi connectivity index (χ0v) is 23.8. The average molecular weight is 489 g/mol. The minimum Gasteiger partial charge on any atom is -0.391 e. The third-order valence-electron chi connectivity index (χ3n) is 8.16. The van der Waals surface area contributed by atoms with Crippen molar-refractivity contribution in [3.8, 4) is 0 Å². The molecule has 0 aromatic rings. The van der Waals surface area contributed by atoms with E-state index >= 15 is 0 Å². The second-order valence-corrected chi connectivity index (χ2v) is 11.2. The van der Waals surface area contributed by atoms with Crippen molar-refractivity contribution >= 4 is 0 Å². The van der Waals surface area contributed by atoms with Gasteiger partial charge in [0.25, 0.3) is 0 Å². The summed E-state index contributed by atoms with van der Waals surface area (Å²) in [6.07, 6.45) is 23.3. The summed E-state index contributed by atoms with van der Waals surface area (Å²) in [5.41, 5.74) is 0. The smallest absolute Gasteiger partial charge is 0.216 e. The van der Waals surface area contributed by atoms with Gasteiger partial charge in [0.05, 0.1) is 46.9 Å². The highest BCUT2D eigenvalue weighted by Crippen LogP contribution is 2.25. The van der Waals surface area contributed by atoms with Crippen molar-refractivity contribution in [2.75, 3.05) is 60.1 Å². The summed E-state index contributed by atoms with van der Waals surface area (Å²) in [6.45, 7) is 8.03. The van der Waals surface area contributed by atoms with Crippen LogP contribution in [0.3, 0.4) is 0 Å². The highest BCUT2D eigenvalue weighted by molar-refractivity contribution is 4.54. The Kier molecular flexibility index (Phi) is 21.9. The molecule has 5 nitrogen and oxygen atoms in total. The molecule has 5 heteroatoms. The molecule has 0 aliphatic rings. The number of nitrogens with zero attached hydrogens (tertiary/aromatic N) is 2.